The van der Waals surface area contributed by atoms with Gasteiger partial charge in [0.25, 0.3) is 0 Å². The number of nitrogens with one attached hydrogen (secondary N) is 2. The third-order valence-corrected chi connectivity index (χ3v) is 8.93. The van der Waals surface area contributed by atoms with Gasteiger partial charge in [0.2, 0.25) is 0 Å². The normalized spacial score (nSPS) is 21.5. The maximum Gasteiger partial charge on any atom is 0.122 e. The summed E-state index contributed by atoms with van der Waals surface area (Å²) in [7, 11) is 0. The molecule has 5 heteroatoms. The van der Waals surface area contributed by atoms with Gasteiger partial charge in [0.15, 0.2) is 0 Å². The van der Waals surface area contributed by atoms with Crippen molar-refractivity contribution in [1.29, 1.82) is 5.41 Å². The molecule has 31 heavy (non-hydrogen) atoms. The van der Waals surface area contributed by atoms with Crippen LogP contribution in [-0.2, 0) is 6.42 Å². The molecule has 0 saturated heterocycles. The molecule has 3 atom stereocenters. The van der Waals surface area contributed by atoms with Crippen molar-refractivity contribution in [1.82, 2.24) is 0 Å². The summed E-state index contributed by atoms with van der Waals surface area (Å²) in [5.41, 5.74) is 12.0. The summed E-state index contributed by atoms with van der Waals surface area (Å²) in [4.78, 5) is 4.08. The van der Waals surface area contributed by atoms with Gasteiger partial charge in [-0.3, -0.25) is 5.41 Å². The number of amidine groups is 1. The fraction of sp³-hybridized carbons (Fsp3) is 0.192. The van der Waals surface area contributed by atoms with Crippen molar-refractivity contribution < 1.29 is 0 Å². The largest absolute Gasteiger partial charge is 0.384 e. The zero-order valence-electron chi connectivity index (χ0n) is 17.0. The van der Waals surface area contributed by atoms with Crippen LogP contribution in [0, 0.1) is 11.3 Å². The Bertz CT molecular complexity index is 1270. The van der Waals surface area contributed by atoms with Gasteiger partial charge < -0.3 is 11.1 Å². The number of aryl methyl sites for hydroxylation is 1. The molecule has 0 bridgehead atoms. The van der Waals surface area contributed by atoms with Crippen molar-refractivity contribution in [3.05, 3.63) is 99.2 Å². The number of hydrogen-bond acceptors (Lipinski definition) is 4. The predicted molar refractivity (Wildman–Crippen MR) is 132 cm³/mol. The van der Waals surface area contributed by atoms with E-state index in [1.54, 1.807) is 11.3 Å². The molecule has 1 aliphatic carbocycles. The molecule has 3 nitrogen and oxygen atoms in total. The van der Waals surface area contributed by atoms with E-state index in [9.17, 15) is 0 Å². The van der Waals surface area contributed by atoms with Gasteiger partial charge >= 0.3 is 0 Å². The highest BCUT2D eigenvalue weighted by Crippen LogP contribution is 2.54. The lowest BCUT2D eigenvalue weighted by atomic mass is 9.66. The van der Waals surface area contributed by atoms with Crippen molar-refractivity contribution >= 4 is 34.2 Å². The summed E-state index contributed by atoms with van der Waals surface area (Å²) >= 11 is 3.71. The highest BCUT2D eigenvalue weighted by Gasteiger charge is 2.41. The molecular weight excluding hydrogens is 418 g/mol. The second-order valence-corrected chi connectivity index (χ2v) is 10.5. The van der Waals surface area contributed by atoms with Crippen LogP contribution in [0.2, 0.25) is 0 Å². The number of thiophene rings is 2. The van der Waals surface area contributed by atoms with E-state index in [1.807, 2.05) is 17.4 Å². The molecule has 0 radical (unpaired) electrons. The second kappa shape index (κ2) is 7.36. The zero-order chi connectivity index (χ0) is 20.9. The number of hydrogen-bond donors (Lipinski definition) is 3. The van der Waals surface area contributed by atoms with Gasteiger partial charge in [0, 0.05) is 31.8 Å². The number of anilines is 1. The third-order valence-electron chi connectivity index (χ3n) is 6.70. The maximum absolute atomic E-state index is 7.94. The van der Waals surface area contributed by atoms with Crippen molar-refractivity contribution in [2.24, 2.45) is 11.7 Å². The van der Waals surface area contributed by atoms with Crippen molar-refractivity contribution in [2.45, 2.75) is 24.8 Å². The van der Waals surface area contributed by atoms with Crippen LogP contribution in [0.5, 0.6) is 0 Å². The Morgan fingerprint density at radius 2 is 1.87 bits per heavy atom. The standard InChI is InChI=1S/C26H23N3S2/c27-26(28)16-8-10-20-19(14-16)24-17-5-2-1-4-15(17)7-9-18(24)25(29-20)23-12-11-22(31-23)21-6-3-13-30-21/h1-6,8,10-14,18,24-25,29H,7,9H2,(H3,27,28). The average Bonchev–Trinajstić information content (AvgIpc) is 3.49. The highest BCUT2D eigenvalue weighted by atomic mass is 32.1. The van der Waals surface area contributed by atoms with E-state index in [0.717, 1.165) is 18.4 Å². The first-order valence-corrected chi connectivity index (χ1v) is 12.3. The molecule has 2 aliphatic rings. The van der Waals surface area contributed by atoms with Gasteiger partial charge in [0.05, 0.1) is 6.04 Å². The molecule has 2 aromatic carbocycles. The van der Waals surface area contributed by atoms with E-state index in [2.05, 4.69) is 71.4 Å². The van der Waals surface area contributed by atoms with E-state index in [4.69, 9.17) is 11.1 Å². The monoisotopic (exact) mass is 441 g/mol. The van der Waals surface area contributed by atoms with Crippen LogP contribution in [0.3, 0.4) is 0 Å². The Hall–Kier alpha value is -2.89. The Kier molecular flexibility index (Phi) is 4.47. The molecule has 0 spiro atoms. The van der Waals surface area contributed by atoms with Crippen LogP contribution in [0.15, 0.2) is 72.1 Å². The molecule has 0 fully saturated rings. The topological polar surface area (TPSA) is 61.9 Å². The number of nitrogen functional groups attached to an aromatic ring is 1. The molecule has 4 N–H and O–H groups in total. The minimum absolute atomic E-state index is 0.129. The molecule has 1 aliphatic heterocycles. The summed E-state index contributed by atoms with van der Waals surface area (Å²) in [6, 6.07) is 24.3. The van der Waals surface area contributed by atoms with Gasteiger partial charge in [-0.25, -0.2) is 0 Å². The summed E-state index contributed by atoms with van der Waals surface area (Å²) in [6.45, 7) is 0. The van der Waals surface area contributed by atoms with Gasteiger partial charge in [0.1, 0.15) is 5.84 Å². The maximum atomic E-state index is 7.94. The molecule has 154 valence electrons. The van der Waals surface area contributed by atoms with Gasteiger partial charge in [-0.15, -0.1) is 22.7 Å². The van der Waals surface area contributed by atoms with Gasteiger partial charge in [-0.05, 0) is 77.2 Å². The molecule has 0 saturated carbocycles. The van der Waals surface area contributed by atoms with E-state index >= 15 is 0 Å². The Balaban J connectivity index is 1.48. The van der Waals surface area contributed by atoms with Crippen molar-refractivity contribution in [3.63, 3.8) is 0 Å². The van der Waals surface area contributed by atoms with Crippen LogP contribution in [-0.4, -0.2) is 5.84 Å². The number of fused-ring (bicyclic) bond motifs is 5. The van der Waals surface area contributed by atoms with Crippen molar-refractivity contribution in [3.8, 4) is 9.75 Å². The van der Waals surface area contributed by atoms with E-state index < -0.39 is 0 Å². The molecule has 6 rings (SSSR count). The minimum Gasteiger partial charge on any atom is -0.384 e. The highest BCUT2D eigenvalue weighted by molar-refractivity contribution is 7.21. The van der Waals surface area contributed by atoms with Gasteiger partial charge in [-0.1, -0.05) is 30.3 Å². The van der Waals surface area contributed by atoms with Crippen molar-refractivity contribution in [2.75, 3.05) is 5.32 Å². The van der Waals surface area contributed by atoms with E-state index in [-0.39, 0.29) is 11.9 Å². The fourth-order valence-corrected chi connectivity index (χ4v) is 7.26. The molecule has 3 heterocycles. The lowest BCUT2D eigenvalue weighted by Gasteiger charge is -2.44. The average molecular weight is 442 g/mol. The van der Waals surface area contributed by atoms with Crippen LogP contribution >= 0.6 is 22.7 Å². The van der Waals surface area contributed by atoms with Crippen LogP contribution in [0.25, 0.3) is 9.75 Å². The number of benzene rings is 2. The SMILES string of the molecule is N=C(N)c1ccc2c(c1)C1c3ccccc3CCC1C(c1ccc(-c3cccs3)s1)N2. The first-order chi connectivity index (χ1) is 15.2. The zero-order valence-corrected chi connectivity index (χ0v) is 18.6. The fourth-order valence-electron chi connectivity index (χ4n) is 5.29. The Morgan fingerprint density at radius 1 is 0.968 bits per heavy atom. The molecular formula is C26H23N3S2. The quantitative estimate of drug-likeness (QED) is 0.247. The summed E-state index contributed by atoms with van der Waals surface area (Å²) in [6.07, 6.45) is 2.26. The molecule has 0 amide bonds. The van der Waals surface area contributed by atoms with Crippen LogP contribution < -0.4 is 11.1 Å². The van der Waals surface area contributed by atoms with Crippen LogP contribution in [0.4, 0.5) is 5.69 Å². The smallest absolute Gasteiger partial charge is 0.122 e. The Labute approximate surface area is 190 Å². The third kappa shape index (κ3) is 3.11. The predicted octanol–water partition coefficient (Wildman–Crippen LogP) is 6.62. The second-order valence-electron chi connectivity index (χ2n) is 8.40. The first kappa shape index (κ1) is 18.8. The minimum atomic E-state index is 0.129. The van der Waals surface area contributed by atoms with Crippen LogP contribution in [0.1, 0.15) is 45.5 Å². The lowest BCUT2D eigenvalue weighted by molar-refractivity contribution is 0.351. The lowest BCUT2D eigenvalue weighted by Crippen LogP contribution is -2.35. The summed E-state index contributed by atoms with van der Waals surface area (Å²) in [5, 5.41) is 13.9. The summed E-state index contributed by atoms with van der Waals surface area (Å²) < 4.78 is 0. The number of rotatable bonds is 3. The first-order valence-electron chi connectivity index (χ1n) is 10.7. The molecule has 2 aromatic heterocycles. The number of nitrogens with two attached hydrogens (primary N) is 1. The molecule has 4 aromatic rings. The summed E-state index contributed by atoms with van der Waals surface area (Å²) in [5.74, 6) is 0.918. The Morgan fingerprint density at radius 3 is 2.71 bits per heavy atom. The van der Waals surface area contributed by atoms with Gasteiger partial charge in [-0.2, -0.15) is 0 Å². The molecule has 3 unspecified atom stereocenters. The van der Waals surface area contributed by atoms with E-state index in [1.165, 1.54) is 37.0 Å². The van der Waals surface area contributed by atoms with E-state index in [0.29, 0.717) is 11.8 Å².